The fourth-order valence-electron chi connectivity index (χ4n) is 1.35. The van der Waals surface area contributed by atoms with Gasteiger partial charge in [0, 0.05) is 10.6 Å². The molecular formula is C14H20O2S. The molecule has 0 atom stereocenters. The molecule has 0 saturated heterocycles. The Kier molecular flexibility index (Phi) is 5.06. The summed E-state index contributed by atoms with van der Waals surface area (Å²) < 4.78 is 5.25. The minimum absolute atomic E-state index is 0.127. The number of esters is 1. The van der Waals surface area contributed by atoms with Crippen molar-refractivity contribution >= 4 is 17.7 Å². The molecule has 0 unspecified atom stereocenters. The number of ether oxygens (including phenoxy) is 1. The summed E-state index contributed by atoms with van der Waals surface area (Å²) in [6, 6.07) is 8.29. The van der Waals surface area contributed by atoms with E-state index in [0.717, 1.165) is 5.75 Å². The molecule has 1 aromatic carbocycles. The van der Waals surface area contributed by atoms with Crippen molar-refractivity contribution in [3.63, 3.8) is 0 Å². The second-order valence-electron chi connectivity index (χ2n) is 5.00. The van der Waals surface area contributed by atoms with Gasteiger partial charge in [0.25, 0.3) is 0 Å². The molecule has 2 nitrogen and oxygen atoms in total. The molecule has 17 heavy (non-hydrogen) atoms. The summed E-state index contributed by atoms with van der Waals surface area (Å²) in [7, 11) is 0. The zero-order chi connectivity index (χ0) is 12.9. The molecule has 0 amide bonds. The third kappa shape index (κ3) is 6.37. The van der Waals surface area contributed by atoms with E-state index < -0.39 is 0 Å². The molecule has 0 aromatic heterocycles. The normalized spacial score (nSPS) is 11.3. The maximum Gasteiger partial charge on any atom is 0.307 e. The number of rotatable bonds is 4. The van der Waals surface area contributed by atoms with Crippen molar-refractivity contribution in [2.24, 2.45) is 0 Å². The summed E-state index contributed by atoms with van der Waals surface area (Å²) in [6.07, 6.45) is 0.454. The van der Waals surface area contributed by atoms with Crippen LogP contribution >= 0.6 is 11.8 Å². The lowest BCUT2D eigenvalue weighted by molar-refractivity contribution is -0.154. The quantitative estimate of drug-likeness (QED) is 0.602. The molecule has 0 radical (unpaired) electrons. The first-order valence-electron chi connectivity index (χ1n) is 5.78. The zero-order valence-electron chi connectivity index (χ0n) is 10.9. The molecule has 3 heteroatoms. The standard InChI is InChI=1S/C14H20O2S/c1-11-6-5-7-12(10-11)17-9-8-13(15)16-14(2,3)4/h5-7,10H,8-9H2,1-4H3. The largest absolute Gasteiger partial charge is 0.460 e. The number of thioether (sulfide) groups is 1. The Morgan fingerprint density at radius 2 is 2.06 bits per heavy atom. The van der Waals surface area contributed by atoms with Gasteiger partial charge in [0.05, 0.1) is 6.42 Å². The molecule has 0 aliphatic heterocycles. The van der Waals surface area contributed by atoms with Crippen LogP contribution in [0.3, 0.4) is 0 Å². The predicted molar refractivity (Wildman–Crippen MR) is 72.4 cm³/mol. The first-order valence-corrected chi connectivity index (χ1v) is 6.77. The average molecular weight is 252 g/mol. The van der Waals surface area contributed by atoms with Gasteiger partial charge in [-0.3, -0.25) is 4.79 Å². The molecule has 94 valence electrons. The Labute approximate surface area is 108 Å². The third-order valence-corrected chi connectivity index (χ3v) is 2.98. The highest BCUT2D eigenvalue weighted by atomic mass is 32.2. The molecule has 1 rings (SSSR count). The lowest BCUT2D eigenvalue weighted by atomic mass is 10.2. The van der Waals surface area contributed by atoms with Gasteiger partial charge in [0.15, 0.2) is 0 Å². The second kappa shape index (κ2) is 6.10. The minimum Gasteiger partial charge on any atom is -0.460 e. The SMILES string of the molecule is Cc1cccc(SCCC(=O)OC(C)(C)C)c1. The Balaban J connectivity index is 2.31. The first kappa shape index (κ1) is 14.1. The Morgan fingerprint density at radius 3 is 2.65 bits per heavy atom. The summed E-state index contributed by atoms with van der Waals surface area (Å²) >= 11 is 1.69. The van der Waals surface area contributed by atoms with Crippen molar-refractivity contribution in [1.29, 1.82) is 0 Å². The molecule has 0 saturated carbocycles. The van der Waals surface area contributed by atoms with E-state index in [9.17, 15) is 4.79 Å². The van der Waals surface area contributed by atoms with Crippen LogP contribution in [0.5, 0.6) is 0 Å². The maximum absolute atomic E-state index is 11.5. The highest BCUT2D eigenvalue weighted by molar-refractivity contribution is 7.99. The van der Waals surface area contributed by atoms with Gasteiger partial charge >= 0.3 is 5.97 Å². The number of benzene rings is 1. The fourth-order valence-corrected chi connectivity index (χ4v) is 2.30. The molecule has 0 spiro atoms. The predicted octanol–water partition coefficient (Wildman–Crippen LogP) is 3.82. The molecule has 0 bridgehead atoms. The van der Waals surface area contributed by atoms with Crippen LogP contribution < -0.4 is 0 Å². The number of aryl methyl sites for hydroxylation is 1. The average Bonchev–Trinajstić information content (AvgIpc) is 2.14. The van der Waals surface area contributed by atoms with Crippen molar-refractivity contribution in [3.8, 4) is 0 Å². The highest BCUT2D eigenvalue weighted by Gasteiger charge is 2.15. The summed E-state index contributed by atoms with van der Waals surface area (Å²) in [5.74, 6) is 0.635. The van der Waals surface area contributed by atoms with Gasteiger partial charge < -0.3 is 4.74 Å². The maximum atomic E-state index is 11.5. The minimum atomic E-state index is -0.384. The lowest BCUT2D eigenvalue weighted by Gasteiger charge is -2.19. The number of carbonyl (C=O) groups is 1. The zero-order valence-corrected chi connectivity index (χ0v) is 11.8. The van der Waals surface area contributed by atoms with Gasteiger partial charge in [-0.2, -0.15) is 0 Å². The van der Waals surface area contributed by atoms with Gasteiger partial charge in [-0.1, -0.05) is 17.7 Å². The molecule has 0 N–H and O–H groups in total. The molecular weight excluding hydrogens is 232 g/mol. The molecule has 1 aromatic rings. The van der Waals surface area contributed by atoms with Crippen LogP contribution in [0.15, 0.2) is 29.2 Å². The van der Waals surface area contributed by atoms with Gasteiger partial charge in [0.2, 0.25) is 0 Å². The van der Waals surface area contributed by atoms with E-state index in [4.69, 9.17) is 4.74 Å². The summed E-state index contributed by atoms with van der Waals surface area (Å²) in [5, 5.41) is 0. The van der Waals surface area contributed by atoms with E-state index in [-0.39, 0.29) is 11.6 Å². The molecule has 0 aliphatic carbocycles. The van der Waals surface area contributed by atoms with Crippen molar-refractivity contribution in [2.45, 2.75) is 44.6 Å². The van der Waals surface area contributed by atoms with Crippen molar-refractivity contribution in [2.75, 3.05) is 5.75 Å². The monoisotopic (exact) mass is 252 g/mol. The highest BCUT2D eigenvalue weighted by Crippen LogP contribution is 2.20. The van der Waals surface area contributed by atoms with Crippen LogP contribution in [0.2, 0.25) is 0 Å². The number of hydrogen-bond acceptors (Lipinski definition) is 3. The van der Waals surface area contributed by atoms with Crippen LogP contribution in [-0.4, -0.2) is 17.3 Å². The fraction of sp³-hybridized carbons (Fsp3) is 0.500. The van der Waals surface area contributed by atoms with Crippen molar-refractivity contribution < 1.29 is 9.53 Å². The van der Waals surface area contributed by atoms with Crippen LogP contribution in [-0.2, 0) is 9.53 Å². The number of hydrogen-bond donors (Lipinski definition) is 0. The van der Waals surface area contributed by atoms with Gasteiger partial charge in [-0.15, -0.1) is 11.8 Å². The first-order chi connectivity index (χ1) is 7.87. The molecule has 0 aliphatic rings. The molecule has 0 heterocycles. The smallest absolute Gasteiger partial charge is 0.307 e. The Hall–Kier alpha value is -0.960. The van der Waals surface area contributed by atoms with Crippen molar-refractivity contribution in [1.82, 2.24) is 0 Å². The van der Waals surface area contributed by atoms with E-state index in [2.05, 4.69) is 25.1 Å². The Bertz CT molecular complexity index is 380. The van der Waals surface area contributed by atoms with Gasteiger partial charge in [-0.05, 0) is 39.8 Å². The second-order valence-corrected chi connectivity index (χ2v) is 6.17. The van der Waals surface area contributed by atoms with Crippen LogP contribution in [0.4, 0.5) is 0 Å². The summed E-state index contributed by atoms with van der Waals surface area (Å²) in [6.45, 7) is 7.73. The van der Waals surface area contributed by atoms with Crippen LogP contribution in [0.1, 0.15) is 32.8 Å². The number of carbonyl (C=O) groups excluding carboxylic acids is 1. The van der Waals surface area contributed by atoms with E-state index in [1.807, 2.05) is 26.8 Å². The molecule has 0 fully saturated rings. The Morgan fingerprint density at radius 1 is 1.35 bits per heavy atom. The lowest BCUT2D eigenvalue weighted by Crippen LogP contribution is -2.23. The summed E-state index contributed by atoms with van der Waals surface area (Å²) in [4.78, 5) is 12.7. The van der Waals surface area contributed by atoms with Gasteiger partial charge in [-0.25, -0.2) is 0 Å². The van der Waals surface area contributed by atoms with E-state index >= 15 is 0 Å². The third-order valence-electron chi connectivity index (χ3n) is 1.98. The van der Waals surface area contributed by atoms with Crippen LogP contribution in [0.25, 0.3) is 0 Å². The topological polar surface area (TPSA) is 26.3 Å². The van der Waals surface area contributed by atoms with Gasteiger partial charge in [0.1, 0.15) is 5.60 Å². The summed E-state index contributed by atoms with van der Waals surface area (Å²) in [5.41, 5.74) is 0.859. The van der Waals surface area contributed by atoms with E-state index in [1.54, 1.807) is 11.8 Å². The van der Waals surface area contributed by atoms with Crippen LogP contribution in [0, 0.1) is 6.92 Å². The van der Waals surface area contributed by atoms with E-state index in [0.29, 0.717) is 6.42 Å². The van der Waals surface area contributed by atoms with Crippen molar-refractivity contribution in [3.05, 3.63) is 29.8 Å². The van der Waals surface area contributed by atoms with E-state index in [1.165, 1.54) is 10.5 Å².